The predicted octanol–water partition coefficient (Wildman–Crippen LogP) is 2.63. The van der Waals surface area contributed by atoms with Crippen LogP contribution in [-0.2, 0) is 0 Å². The maximum absolute atomic E-state index is 12.3. The Kier molecular flexibility index (Phi) is 4.81. The molecule has 2 N–H and O–H groups in total. The van der Waals surface area contributed by atoms with E-state index in [4.69, 9.17) is 0 Å². The van der Waals surface area contributed by atoms with E-state index in [-0.39, 0.29) is 12.5 Å². The molecule has 0 aliphatic heterocycles. The summed E-state index contributed by atoms with van der Waals surface area (Å²) in [6.07, 6.45) is 2.58. The lowest BCUT2D eigenvalue weighted by Gasteiger charge is -2.09. The molecular weight excluding hydrogens is 316 g/mol. The van der Waals surface area contributed by atoms with Crippen LogP contribution in [0.3, 0.4) is 0 Å². The number of hydrogen-bond donors (Lipinski definition) is 2. The monoisotopic (exact) mass is 338 g/mol. The molecule has 0 spiro atoms. The molecule has 2 aromatic heterocycles. The zero-order chi connectivity index (χ0) is 18.0. The molecule has 25 heavy (non-hydrogen) atoms. The first-order valence-corrected chi connectivity index (χ1v) is 8.36. The van der Waals surface area contributed by atoms with Gasteiger partial charge in [-0.1, -0.05) is 38.1 Å². The molecule has 0 saturated carbocycles. The standard InChI is InChI=1S/C19H22N4O2/c1-12(2)14-4-6-15(7-5-14)17-8-9-20-18-16(11-22-23(17)18)19(25)21-10-13(3)24/h4-9,11-13,24H,10H2,1-3H3,(H,21,25)/t13-/m0/s1. The van der Waals surface area contributed by atoms with E-state index >= 15 is 0 Å². The van der Waals surface area contributed by atoms with Crippen molar-refractivity contribution < 1.29 is 9.90 Å². The summed E-state index contributed by atoms with van der Waals surface area (Å²) in [7, 11) is 0. The Morgan fingerprint density at radius 2 is 1.92 bits per heavy atom. The molecule has 1 aromatic carbocycles. The normalized spacial score (nSPS) is 12.5. The van der Waals surface area contributed by atoms with Gasteiger partial charge in [-0.2, -0.15) is 5.10 Å². The summed E-state index contributed by atoms with van der Waals surface area (Å²) in [6.45, 7) is 6.12. The first-order valence-electron chi connectivity index (χ1n) is 8.36. The van der Waals surface area contributed by atoms with Crippen molar-refractivity contribution in [2.24, 2.45) is 0 Å². The molecule has 0 bridgehead atoms. The van der Waals surface area contributed by atoms with Gasteiger partial charge in [-0.05, 0) is 24.5 Å². The van der Waals surface area contributed by atoms with Crippen LogP contribution >= 0.6 is 0 Å². The van der Waals surface area contributed by atoms with Crippen LogP contribution in [0.4, 0.5) is 0 Å². The molecule has 0 unspecified atom stereocenters. The Bertz CT molecular complexity index is 882. The molecule has 6 heteroatoms. The van der Waals surface area contributed by atoms with Crippen LogP contribution in [0, 0.1) is 0 Å². The summed E-state index contributed by atoms with van der Waals surface area (Å²) in [4.78, 5) is 16.6. The Hall–Kier alpha value is -2.73. The number of hydrogen-bond acceptors (Lipinski definition) is 4. The molecule has 0 saturated heterocycles. The van der Waals surface area contributed by atoms with Gasteiger partial charge in [0.25, 0.3) is 5.91 Å². The molecule has 0 aliphatic rings. The highest BCUT2D eigenvalue weighted by molar-refractivity contribution is 5.99. The molecule has 0 aliphatic carbocycles. The Morgan fingerprint density at radius 1 is 1.20 bits per heavy atom. The lowest BCUT2D eigenvalue weighted by atomic mass is 10.0. The Labute approximate surface area is 146 Å². The molecular formula is C19H22N4O2. The van der Waals surface area contributed by atoms with Crippen molar-refractivity contribution in [2.45, 2.75) is 32.8 Å². The number of nitrogens with one attached hydrogen (secondary N) is 1. The van der Waals surface area contributed by atoms with Gasteiger partial charge in [0.2, 0.25) is 0 Å². The quantitative estimate of drug-likeness (QED) is 0.749. The smallest absolute Gasteiger partial charge is 0.256 e. The van der Waals surface area contributed by atoms with E-state index in [1.807, 2.05) is 6.07 Å². The maximum atomic E-state index is 12.3. The van der Waals surface area contributed by atoms with Crippen molar-refractivity contribution in [1.29, 1.82) is 0 Å². The van der Waals surface area contributed by atoms with Crippen LogP contribution in [-0.4, -0.2) is 38.3 Å². The second-order valence-corrected chi connectivity index (χ2v) is 6.46. The number of aliphatic hydroxyl groups is 1. The maximum Gasteiger partial charge on any atom is 0.256 e. The van der Waals surface area contributed by atoms with Crippen LogP contribution < -0.4 is 5.32 Å². The Morgan fingerprint density at radius 3 is 2.56 bits per heavy atom. The molecule has 1 amide bonds. The molecule has 0 radical (unpaired) electrons. The van der Waals surface area contributed by atoms with E-state index in [1.165, 1.54) is 11.8 Å². The molecule has 0 fully saturated rings. The zero-order valence-electron chi connectivity index (χ0n) is 14.6. The van der Waals surface area contributed by atoms with Gasteiger partial charge in [0.1, 0.15) is 5.56 Å². The second-order valence-electron chi connectivity index (χ2n) is 6.46. The van der Waals surface area contributed by atoms with Gasteiger partial charge in [0, 0.05) is 18.3 Å². The van der Waals surface area contributed by atoms with Gasteiger partial charge in [-0.15, -0.1) is 0 Å². The number of aromatic nitrogens is 3. The van der Waals surface area contributed by atoms with Gasteiger partial charge < -0.3 is 10.4 Å². The van der Waals surface area contributed by atoms with Gasteiger partial charge in [0.15, 0.2) is 5.65 Å². The Balaban J connectivity index is 1.97. The van der Waals surface area contributed by atoms with Crippen molar-refractivity contribution >= 4 is 11.6 Å². The van der Waals surface area contributed by atoms with E-state index in [2.05, 4.69) is 53.5 Å². The number of nitrogens with zero attached hydrogens (tertiary/aromatic N) is 3. The van der Waals surface area contributed by atoms with Crippen LogP contribution in [0.5, 0.6) is 0 Å². The minimum Gasteiger partial charge on any atom is -0.392 e. The summed E-state index contributed by atoms with van der Waals surface area (Å²) in [5.41, 5.74) is 4.04. The van der Waals surface area contributed by atoms with Crippen molar-refractivity contribution in [3.05, 3.63) is 53.9 Å². The van der Waals surface area contributed by atoms with Crippen LogP contribution in [0.15, 0.2) is 42.7 Å². The van der Waals surface area contributed by atoms with Gasteiger partial charge in [0.05, 0.1) is 18.0 Å². The van der Waals surface area contributed by atoms with Crippen molar-refractivity contribution in [2.75, 3.05) is 6.54 Å². The zero-order valence-corrected chi connectivity index (χ0v) is 14.6. The van der Waals surface area contributed by atoms with E-state index < -0.39 is 6.10 Å². The fraction of sp³-hybridized carbons (Fsp3) is 0.316. The number of rotatable bonds is 5. The largest absolute Gasteiger partial charge is 0.392 e. The molecule has 3 aromatic rings. The number of fused-ring (bicyclic) bond motifs is 1. The van der Waals surface area contributed by atoms with E-state index in [0.717, 1.165) is 11.3 Å². The molecule has 2 heterocycles. The first kappa shape index (κ1) is 17.1. The lowest BCUT2D eigenvalue weighted by Crippen LogP contribution is -2.30. The van der Waals surface area contributed by atoms with Gasteiger partial charge >= 0.3 is 0 Å². The molecule has 130 valence electrons. The number of benzene rings is 1. The van der Waals surface area contributed by atoms with Gasteiger partial charge in [-0.25, -0.2) is 9.50 Å². The van der Waals surface area contributed by atoms with Gasteiger partial charge in [-0.3, -0.25) is 4.79 Å². The first-order chi connectivity index (χ1) is 12.0. The van der Waals surface area contributed by atoms with Crippen molar-refractivity contribution in [3.63, 3.8) is 0 Å². The third-order valence-electron chi connectivity index (χ3n) is 4.08. The van der Waals surface area contributed by atoms with E-state index in [0.29, 0.717) is 17.1 Å². The summed E-state index contributed by atoms with van der Waals surface area (Å²) in [5, 5.41) is 16.3. The molecule has 6 nitrogen and oxygen atoms in total. The SMILES string of the molecule is CC(C)c1ccc(-c2ccnc3c(C(=O)NC[C@H](C)O)cnn23)cc1. The van der Waals surface area contributed by atoms with Crippen LogP contribution in [0.25, 0.3) is 16.9 Å². The number of carbonyl (C=O) groups is 1. The summed E-state index contributed by atoms with van der Waals surface area (Å²) < 4.78 is 1.67. The lowest BCUT2D eigenvalue weighted by molar-refractivity contribution is 0.0925. The van der Waals surface area contributed by atoms with E-state index in [1.54, 1.807) is 17.6 Å². The number of amides is 1. The van der Waals surface area contributed by atoms with E-state index in [9.17, 15) is 9.90 Å². The minimum atomic E-state index is -0.603. The highest BCUT2D eigenvalue weighted by atomic mass is 16.3. The summed E-state index contributed by atoms with van der Waals surface area (Å²) in [5.74, 6) is 0.177. The van der Waals surface area contributed by atoms with Crippen molar-refractivity contribution in [1.82, 2.24) is 19.9 Å². The van der Waals surface area contributed by atoms with Crippen LogP contribution in [0.1, 0.15) is 42.6 Å². The molecule has 3 rings (SSSR count). The second kappa shape index (κ2) is 7.03. The van der Waals surface area contributed by atoms with Crippen molar-refractivity contribution in [3.8, 4) is 11.3 Å². The fourth-order valence-corrected chi connectivity index (χ4v) is 2.64. The average Bonchev–Trinajstić information content (AvgIpc) is 3.04. The third-order valence-corrected chi connectivity index (χ3v) is 4.08. The third kappa shape index (κ3) is 3.53. The predicted molar refractivity (Wildman–Crippen MR) is 96.5 cm³/mol. The number of aliphatic hydroxyl groups excluding tert-OH is 1. The summed E-state index contributed by atoms with van der Waals surface area (Å²) >= 11 is 0. The highest BCUT2D eigenvalue weighted by Gasteiger charge is 2.16. The fourth-order valence-electron chi connectivity index (χ4n) is 2.64. The highest BCUT2D eigenvalue weighted by Crippen LogP contribution is 2.23. The average molecular weight is 338 g/mol. The topological polar surface area (TPSA) is 79.5 Å². The number of carbonyl (C=O) groups excluding carboxylic acids is 1. The summed E-state index contributed by atoms with van der Waals surface area (Å²) in [6, 6.07) is 10.2. The molecule has 1 atom stereocenters. The minimum absolute atomic E-state index is 0.187. The van der Waals surface area contributed by atoms with Crippen LogP contribution in [0.2, 0.25) is 0 Å².